The number of halogens is 1. The average molecular weight is 296 g/mol. The van der Waals surface area contributed by atoms with Crippen molar-refractivity contribution in [2.24, 2.45) is 0 Å². The molecule has 0 aromatic heterocycles. The smallest absolute Gasteiger partial charge is 0.123 e. The summed E-state index contributed by atoms with van der Waals surface area (Å²) < 4.78 is 13.0. The van der Waals surface area contributed by atoms with Gasteiger partial charge in [-0.15, -0.1) is 0 Å². The topological polar surface area (TPSA) is 6.48 Å². The minimum atomic E-state index is -0.173. The molecule has 22 heavy (non-hydrogen) atoms. The Bertz CT molecular complexity index is 599. The predicted molar refractivity (Wildman–Crippen MR) is 90.5 cm³/mol. The molecule has 1 aliphatic heterocycles. The number of piperazine rings is 1. The Labute approximate surface area is 131 Å². The van der Waals surface area contributed by atoms with Gasteiger partial charge in [-0.25, -0.2) is 4.39 Å². The summed E-state index contributed by atoms with van der Waals surface area (Å²) in [5, 5.41) is 0. The van der Waals surface area contributed by atoms with Crippen molar-refractivity contribution in [1.82, 2.24) is 4.90 Å². The fourth-order valence-electron chi connectivity index (χ4n) is 2.74. The van der Waals surface area contributed by atoms with Crippen LogP contribution in [0.4, 0.5) is 10.1 Å². The lowest BCUT2D eigenvalue weighted by Crippen LogP contribution is -2.46. The van der Waals surface area contributed by atoms with Gasteiger partial charge in [0.25, 0.3) is 0 Å². The molecule has 2 aromatic carbocycles. The summed E-state index contributed by atoms with van der Waals surface area (Å²) in [6, 6.07) is 17.2. The van der Waals surface area contributed by atoms with Crippen molar-refractivity contribution in [3.05, 3.63) is 72.1 Å². The van der Waals surface area contributed by atoms with Gasteiger partial charge in [-0.05, 0) is 29.8 Å². The first-order chi connectivity index (χ1) is 10.8. The van der Waals surface area contributed by atoms with Crippen molar-refractivity contribution in [3.8, 4) is 0 Å². The Morgan fingerprint density at radius 2 is 1.55 bits per heavy atom. The van der Waals surface area contributed by atoms with Gasteiger partial charge in [-0.1, -0.05) is 42.5 Å². The van der Waals surface area contributed by atoms with E-state index in [1.54, 1.807) is 0 Å². The summed E-state index contributed by atoms with van der Waals surface area (Å²) >= 11 is 0. The van der Waals surface area contributed by atoms with E-state index in [2.05, 4.69) is 46.2 Å². The zero-order valence-corrected chi connectivity index (χ0v) is 12.7. The Morgan fingerprint density at radius 3 is 2.23 bits per heavy atom. The number of nitrogens with zero attached hydrogens (tertiary/aromatic N) is 2. The molecule has 0 saturated carbocycles. The van der Waals surface area contributed by atoms with Crippen molar-refractivity contribution >= 4 is 11.8 Å². The van der Waals surface area contributed by atoms with Crippen LogP contribution in [0.5, 0.6) is 0 Å². The van der Waals surface area contributed by atoms with Gasteiger partial charge in [0.1, 0.15) is 5.82 Å². The monoisotopic (exact) mass is 296 g/mol. The van der Waals surface area contributed by atoms with E-state index in [9.17, 15) is 4.39 Å². The maximum absolute atomic E-state index is 13.0. The lowest BCUT2D eigenvalue weighted by molar-refractivity contribution is 0.284. The highest BCUT2D eigenvalue weighted by molar-refractivity contribution is 5.49. The minimum absolute atomic E-state index is 0.173. The largest absolute Gasteiger partial charge is 0.369 e. The first kappa shape index (κ1) is 14.8. The van der Waals surface area contributed by atoms with Gasteiger partial charge in [0.15, 0.2) is 0 Å². The summed E-state index contributed by atoms with van der Waals surface area (Å²) in [6.07, 6.45) is 4.40. The fraction of sp³-hybridized carbons (Fsp3) is 0.263. The molecular weight excluding hydrogens is 275 g/mol. The normalized spacial score (nSPS) is 16.3. The fourth-order valence-corrected chi connectivity index (χ4v) is 2.74. The second-order valence-corrected chi connectivity index (χ2v) is 5.58. The zero-order valence-electron chi connectivity index (χ0n) is 12.7. The van der Waals surface area contributed by atoms with Crippen LogP contribution in [0.25, 0.3) is 6.08 Å². The maximum atomic E-state index is 13.0. The van der Waals surface area contributed by atoms with Crippen LogP contribution in [-0.2, 0) is 0 Å². The molecule has 2 nitrogen and oxygen atoms in total. The van der Waals surface area contributed by atoms with Crippen LogP contribution in [0.15, 0.2) is 60.7 Å². The third-order valence-corrected chi connectivity index (χ3v) is 4.04. The zero-order chi connectivity index (χ0) is 15.2. The second-order valence-electron chi connectivity index (χ2n) is 5.58. The minimum Gasteiger partial charge on any atom is -0.369 e. The molecule has 1 aliphatic rings. The standard InChI is InChI=1S/C19H21FN2/c20-18-8-10-19(11-9-18)22-15-13-21(14-16-22)12-4-7-17-5-2-1-3-6-17/h1-11H,12-16H2. The van der Waals surface area contributed by atoms with E-state index in [0.29, 0.717) is 0 Å². The average Bonchev–Trinajstić information content (AvgIpc) is 2.57. The molecule has 1 saturated heterocycles. The summed E-state index contributed by atoms with van der Waals surface area (Å²) in [6.45, 7) is 5.04. The molecule has 0 radical (unpaired) electrons. The van der Waals surface area contributed by atoms with E-state index < -0.39 is 0 Å². The van der Waals surface area contributed by atoms with Gasteiger partial charge >= 0.3 is 0 Å². The Balaban J connectivity index is 1.47. The van der Waals surface area contributed by atoms with Crippen LogP contribution >= 0.6 is 0 Å². The molecule has 0 unspecified atom stereocenters. The highest BCUT2D eigenvalue weighted by Crippen LogP contribution is 2.16. The molecule has 0 atom stereocenters. The molecule has 3 heteroatoms. The Kier molecular flexibility index (Phi) is 4.86. The maximum Gasteiger partial charge on any atom is 0.123 e. The summed E-state index contributed by atoms with van der Waals surface area (Å²) in [5.41, 5.74) is 2.35. The number of anilines is 1. The lowest BCUT2D eigenvalue weighted by Gasteiger charge is -2.35. The number of rotatable bonds is 4. The summed E-state index contributed by atoms with van der Waals surface area (Å²) in [5.74, 6) is -0.173. The van der Waals surface area contributed by atoms with Crippen molar-refractivity contribution in [1.29, 1.82) is 0 Å². The highest BCUT2D eigenvalue weighted by atomic mass is 19.1. The van der Waals surface area contributed by atoms with E-state index in [1.807, 2.05) is 18.2 Å². The van der Waals surface area contributed by atoms with Gasteiger partial charge in [0, 0.05) is 38.4 Å². The van der Waals surface area contributed by atoms with Crippen molar-refractivity contribution in [2.45, 2.75) is 0 Å². The van der Waals surface area contributed by atoms with Crippen LogP contribution in [0, 0.1) is 5.82 Å². The molecule has 1 heterocycles. The van der Waals surface area contributed by atoms with E-state index >= 15 is 0 Å². The van der Waals surface area contributed by atoms with Crippen molar-refractivity contribution in [3.63, 3.8) is 0 Å². The number of hydrogen-bond acceptors (Lipinski definition) is 2. The molecule has 0 aliphatic carbocycles. The summed E-state index contributed by atoms with van der Waals surface area (Å²) in [4.78, 5) is 4.76. The lowest BCUT2D eigenvalue weighted by atomic mass is 10.2. The van der Waals surface area contributed by atoms with E-state index in [-0.39, 0.29) is 5.82 Å². The first-order valence-corrected chi connectivity index (χ1v) is 7.76. The third kappa shape index (κ3) is 3.95. The van der Waals surface area contributed by atoms with Gasteiger partial charge in [0.2, 0.25) is 0 Å². The molecule has 0 amide bonds. The van der Waals surface area contributed by atoms with Crippen LogP contribution in [0.1, 0.15) is 5.56 Å². The van der Waals surface area contributed by atoms with Crippen LogP contribution in [-0.4, -0.2) is 37.6 Å². The predicted octanol–water partition coefficient (Wildman–Crippen LogP) is 3.66. The number of benzene rings is 2. The Morgan fingerprint density at radius 1 is 0.864 bits per heavy atom. The van der Waals surface area contributed by atoms with Crippen LogP contribution < -0.4 is 4.90 Å². The van der Waals surface area contributed by atoms with E-state index in [4.69, 9.17) is 0 Å². The first-order valence-electron chi connectivity index (χ1n) is 7.76. The van der Waals surface area contributed by atoms with Crippen molar-refractivity contribution in [2.75, 3.05) is 37.6 Å². The van der Waals surface area contributed by atoms with Crippen LogP contribution in [0.2, 0.25) is 0 Å². The molecular formula is C19H21FN2. The SMILES string of the molecule is Fc1ccc(N2CCN(CC=Cc3ccccc3)CC2)cc1. The molecule has 0 N–H and O–H groups in total. The van der Waals surface area contributed by atoms with Gasteiger partial charge in [0.05, 0.1) is 0 Å². The quantitative estimate of drug-likeness (QED) is 0.849. The molecule has 114 valence electrons. The van der Waals surface area contributed by atoms with E-state index in [1.165, 1.54) is 17.7 Å². The van der Waals surface area contributed by atoms with E-state index in [0.717, 1.165) is 38.4 Å². The van der Waals surface area contributed by atoms with Gasteiger partial charge in [-0.2, -0.15) is 0 Å². The highest BCUT2D eigenvalue weighted by Gasteiger charge is 2.15. The molecule has 3 rings (SSSR count). The van der Waals surface area contributed by atoms with Crippen molar-refractivity contribution < 1.29 is 4.39 Å². The summed E-state index contributed by atoms with van der Waals surface area (Å²) in [7, 11) is 0. The molecule has 0 bridgehead atoms. The second kappa shape index (κ2) is 7.23. The van der Waals surface area contributed by atoms with Gasteiger partial charge in [-0.3, -0.25) is 4.90 Å². The molecule has 2 aromatic rings. The molecule has 0 spiro atoms. The molecule has 1 fully saturated rings. The third-order valence-electron chi connectivity index (χ3n) is 4.04. The van der Waals surface area contributed by atoms with Crippen LogP contribution in [0.3, 0.4) is 0 Å². The van der Waals surface area contributed by atoms with Gasteiger partial charge < -0.3 is 4.90 Å². The Hall–Kier alpha value is -2.13. The number of hydrogen-bond donors (Lipinski definition) is 0.